The molecule has 3 amide bonds. The number of ether oxygens (including phenoxy) is 3. The Morgan fingerprint density at radius 1 is 0.886 bits per heavy atom. The average molecular weight is 605 g/mol. The van der Waals surface area contributed by atoms with Crippen molar-refractivity contribution in [1.82, 2.24) is 14.7 Å². The second kappa shape index (κ2) is 12.7. The predicted molar refractivity (Wildman–Crippen MR) is 169 cm³/mol. The zero-order valence-corrected chi connectivity index (χ0v) is 27.0. The fourth-order valence-electron chi connectivity index (χ4n) is 5.49. The van der Waals surface area contributed by atoms with Gasteiger partial charge in [-0.05, 0) is 83.7 Å². The molecule has 2 aromatic carbocycles. The zero-order valence-electron chi connectivity index (χ0n) is 27.0. The summed E-state index contributed by atoms with van der Waals surface area (Å²) in [7, 11) is 1.61. The maximum Gasteiger partial charge on any atom is 0.437 e. The first kappa shape index (κ1) is 32.6. The van der Waals surface area contributed by atoms with Crippen LogP contribution in [0.5, 0.6) is 5.75 Å². The van der Waals surface area contributed by atoms with Crippen LogP contribution in [-0.4, -0.2) is 75.7 Å². The Labute approximate surface area is 260 Å². The van der Waals surface area contributed by atoms with Gasteiger partial charge in [0.25, 0.3) is 0 Å². The first-order valence-electron chi connectivity index (χ1n) is 14.9. The molecule has 0 saturated carbocycles. The Morgan fingerprint density at radius 3 is 2.00 bits per heavy atom. The lowest BCUT2D eigenvalue weighted by Crippen LogP contribution is -2.54. The highest BCUT2D eigenvalue weighted by Gasteiger charge is 2.56. The van der Waals surface area contributed by atoms with Crippen molar-refractivity contribution in [2.45, 2.75) is 84.6 Å². The Balaban J connectivity index is 1.97. The van der Waals surface area contributed by atoms with E-state index in [0.29, 0.717) is 43.9 Å². The van der Waals surface area contributed by atoms with E-state index in [-0.39, 0.29) is 11.9 Å². The van der Waals surface area contributed by atoms with E-state index in [2.05, 4.69) is 4.99 Å². The normalized spacial score (nSPS) is 18.6. The average Bonchev–Trinajstić information content (AvgIpc) is 3.15. The Morgan fingerprint density at radius 2 is 1.48 bits per heavy atom. The number of amides is 3. The SMILES string of the molecule is COc1ccc(CN2/C(=N/C(=O)OC(C)(C)C)N(C(=O)OC(C)(C)C)/C(=C\c3ccccc3)C23CCN(C(C)=O)CC3)cc1. The molecule has 2 aliphatic rings. The molecule has 0 aliphatic carbocycles. The highest BCUT2D eigenvalue weighted by Crippen LogP contribution is 2.46. The van der Waals surface area contributed by atoms with Crippen LogP contribution in [0.25, 0.3) is 6.08 Å². The number of hydrogen-bond donors (Lipinski definition) is 0. The molecule has 2 saturated heterocycles. The number of methoxy groups -OCH3 is 1. The van der Waals surface area contributed by atoms with Crippen LogP contribution >= 0.6 is 0 Å². The number of rotatable bonds is 4. The van der Waals surface area contributed by atoms with Crippen LogP contribution in [0.3, 0.4) is 0 Å². The molecule has 2 aliphatic heterocycles. The quantitative estimate of drug-likeness (QED) is 0.395. The van der Waals surface area contributed by atoms with Gasteiger partial charge in [-0.25, -0.2) is 14.5 Å². The number of hydrogen-bond acceptors (Lipinski definition) is 6. The molecule has 0 bridgehead atoms. The minimum Gasteiger partial charge on any atom is -0.497 e. The van der Waals surface area contributed by atoms with E-state index in [1.165, 1.54) is 4.90 Å². The third-order valence-electron chi connectivity index (χ3n) is 7.48. The Bertz CT molecular complexity index is 1410. The van der Waals surface area contributed by atoms with Gasteiger partial charge >= 0.3 is 12.2 Å². The van der Waals surface area contributed by atoms with Crippen molar-refractivity contribution in [2.24, 2.45) is 4.99 Å². The number of nitrogens with zero attached hydrogens (tertiary/aromatic N) is 4. The molecule has 236 valence electrons. The van der Waals surface area contributed by atoms with Crippen LogP contribution in [0, 0.1) is 0 Å². The molecule has 44 heavy (non-hydrogen) atoms. The van der Waals surface area contributed by atoms with Crippen LogP contribution in [0.2, 0.25) is 0 Å². The monoisotopic (exact) mass is 604 g/mol. The van der Waals surface area contributed by atoms with Gasteiger partial charge < -0.3 is 24.0 Å². The topological polar surface area (TPSA) is 101 Å². The first-order chi connectivity index (χ1) is 20.6. The van der Waals surface area contributed by atoms with Crippen molar-refractivity contribution >= 4 is 30.1 Å². The third kappa shape index (κ3) is 7.59. The molecule has 2 fully saturated rings. The molecule has 4 rings (SSSR count). The predicted octanol–water partition coefficient (Wildman–Crippen LogP) is 6.46. The minimum absolute atomic E-state index is 0.0141. The highest BCUT2D eigenvalue weighted by atomic mass is 16.6. The minimum atomic E-state index is -0.821. The molecule has 2 aromatic rings. The van der Waals surface area contributed by atoms with Gasteiger partial charge in [-0.2, -0.15) is 0 Å². The van der Waals surface area contributed by atoms with Crippen LogP contribution in [-0.2, 0) is 20.8 Å². The number of piperidine rings is 1. The first-order valence-corrected chi connectivity index (χ1v) is 14.9. The van der Waals surface area contributed by atoms with Crippen molar-refractivity contribution < 1.29 is 28.6 Å². The van der Waals surface area contributed by atoms with Crippen LogP contribution < -0.4 is 4.74 Å². The van der Waals surface area contributed by atoms with Crippen molar-refractivity contribution in [3.63, 3.8) is 0 Å². The highest BCUT2D eigenvalue weighted by molar-refractivity contribution is 6.04. The number of likely N-dealkylation sites (tertiary alicyclic amines) is 1. The number of carbonyl (C=O) groups is 3. The summed E-state index contributed by atoms with van der Waals surface area (Å²) in [6.45, 7) is 13.5. The lowest BCUT2D eigenvalue weighted by molar-refractivity contribution is -0.130. The summed E-state index contributed by atoms with van der Waals surface area (Å²) in [6.07, 6.45) is 1.46. The van der Waals surface area contributed by atoms with Crippen molar-refractivity contribution in [1.29, 1.82) is 0 Å². The van der Waals surface area contributed by atoms with E-state index < -0.39 is 28.9 Å². The zero-order chi connectivity index (χ0) is 32.3. The number of benzene rings is 2. The van der Waals surface area contributed by atoms with E-state index in [0.717, 1.165) is 11.1 Å². The number of aliphatic imine (C=N–C) groups is 1. The molecule has 10 heteroatoms. The Hall–Kier alpha value is -4.34. The summed E-state index contributed by atoms with van der Waals surface area (Å²) in [5, 5.41) is 0. The van der Waals surface area contributed by atoms with E-state index >= 15 is 0 Å². The van der Waals surface area contributed by atoms with Crippen LogP contribution in [0.4, 0.5) is 9.59 Å². The molecule has 0 unspecified atom stereocenters. The van der Waals surface area contributed by atoms with E-state index in [9.17, 15) is 14.4 Å². The van der Waals surface area contributed by atoms with E-state index in [1.807, 2.05) is 65.6 Å². The second-order valence-electron chi connectivity index (χ2n) is 13.1. The van der Waals surface area contributed by atoms with Gasteiger partial charge in [0.15, 0.2) is 0 Å². The fraction of sp³-hybridized carbons (Fsp3) is 0.471. The van der Waals surface area contributed by atoms with Gasteiger partial charge in [0, 0.05) is 26.6 Å². The molecule has 0 radical (unpaired) electrons. The summed E-state index contributed by atoms with van der Waals surface area (Å²) >= 11 is 0. The largest absolute Gasteiger partial charge is 0.497 e. The summed E-state index contributed by atoms with van der Waals surface area (Å²) in [5.41, 5.74) is -0.0182. The number of guanidine groups is 1. The van der Waals surface area contributed by atoms with Crippen LogP contribution in [0.15, 0.2) is 65.3 Å². The van der Waals surface area contributed by atoms with Gasteiger partial charge in [-0.15, -0.1) is 4.99 Å². The van der Waals surface area contributed by atoms with E-state index in [1.54, 1.807) is 60.5 Å². The molecule has 0 atom stereocenters. The Kier molecular flexibility index (Phi) is 9.41. The van der Waals surface area contributed by atoms with Crippen LogP contribution in [0.1, 0.15) is 72.4 Å². The van der Waals surface area contributed by atoms with Gasteiger partial charge in [0.05, 0.1) is 18.3 Å². The molecule has 0 aromatic heterocycles. The summed E-state index contributed by atoms with van der Waals surface area (Å²) < 4.78 is 16.9. The third-order valence-corrected chi connectivity index (χ3v) is 7.48. The summed E-state index contributed by atoms with van der Waals surface area (Å²) in [4.78, 5) is 49.5. The molecule has 2 heterocycles. The van der Waals surface area contributed by atoms with Crippen molar-refractivity contribution in [3.05, 3.63) is 71.4 Å². The van der Waals surface area contributed by atoms with Crippen molar-refractivity contribution in [3.8, 4) is 5.75 Å². The molecular weight excluding hydrogens is 560 g/mol. The van der Waals surface area contributed by atoms with Gasteiger partial charge in [0.2, 0.25) is 11.9 Å². The summed E-state index contributed by atoms with van der Waals surface area (Å²) in [5.74, 6) is 0.810. The maximum absolute atomic E-state index is 14.1. The molecule has 0 N–H and O–H groups in total. The van der Waals surface area contributed by atoms with Gasteiger partial charge in [0.1, 0.15) is 17.0 Å². The van der Waals surface area contributed by atoms with Crippen molar-refractivity contribution in [2.75, 3.05) is 20.2 Å². The lowest BCUT2D eigenvalue weighted by Gasteiger charge is -2.45. The molecular formula is C34H44N4O6. The summed E-state index contributed by atoms with van der Waals surface area (Å²) in [6, 6.07) is 17.3. The second-order valence-corrected chi connectivity index (χ2v) is 13.1. The standard InChI is InChI=1S/C34H44N4O6/c1-24(39)36-20-18-34(19-21-36)28(22-25-12-10-9-11-13-25)38(31(41)44-33(5,6)7)29(35-30(40)43-32(2,3)4)37(34)23-26-14-16-27(42-8)17-15-26/h9-17,22H,18-21,23H2,1-8H3/b28-22-,35-29-. The molecule has 10 nitrogen and oxygen atoms in total. The van der Waals surface area contributed by atoms with Gasteiger partial charge in [-0.1, -0.05) is 42.5 Å². The van der Waals surface area contributed by atoms with E-state index in [4.69, 9.17) is 14.2 Å². The molecule has 1 spiro atoms. The van der Waals surface area contributed by atoms with Gasteiger partial charge in [-0.3, -0.25) is 4.79 Å². The maximum atomic E-state index is 14.1. The lowest BCUT2D eigenvalue weighted by atomic mass is 9.82. The smallest absolute Gasteiger partial charge is 0.437 e. The fourth-order valence-corrected chi connectivity index (χ4v) is 5.49. The number of carbonyl (C=O) groups excluding carboxylic acids is 3.